The lowest BCUT2D eigenvalue weighted by molar-refractivity contribution is -0.145. The smallest absolute Gasteiger partial charge is 0.362 e. The van der Waals surface area contributed by atoms with Crippen molar-refractivity contribution in [3.05, 3.63) is 23.5 Å². The van der Waals surface area contributed by atoms with E-state index in [0.29, 0.717) is 0 Å². The Hall–Kier alpha value is -3.57. The van der Waals surface area contributed by atoms with Gasteiger partial charge in [0.1, 0.15) is 11.7 Å². The first-order valence-electron chi connectivity index (χ1n) is 9.58. The van der Waals surface area contributed by atoms with Crippen LogP contribution in [0.3, 0.4) is 0 Å². The van der Waals surface area contributed by atoms with Gasteiger partial charge in [-0.1, -0.05) is 5.16 Å². The molecule has 3 rings (SSSR count). The number of hydrogen-bond donors (Lipinski definition) is 4. The van der Waals surface area contributed by atoms with Crippen LogP contribution in [0.15, 0.2) is 22.9 Å². The summed E-state index contributed by atoms with van der Waals surface area (Å²) >= 11 is 1.01. The predicted molar refractivity (Wildman–Crippen MR) is 120 cm³/mol. The molecule has 0 aromatic carbocycles. The first kappa shape index (κ1) is 25.1. The number of carbonyl (C=O) groups excluding carboxylic acids is 3. The number of thiazole rings is 1. The van der Waals surface area contributed by atoms with Crippen molar-refractivity contribution >= 4 is 55.8 Å². The molecule has 2 unspecified atom stereocenters. The lowest BCUT2D eigenvalue weighted by atomic mass is 9.98. The third kappa shape index (κ3) is 5.15. The molecule has 0 aliphatic carbocycles. The molecule has 1 aliphatic heterocycles. The fraction of sp³-hybridized carbons (Fsp3) is 0.412. The monoisotopic (exact) mass is 514 g/mol. The van der Waals surface area contributed by atoms with E-state index in [-0.39, 0.29) is 33.1 Å². The van der Waals surface area contributed by atoms with Gasteiger partial charge < -0.3 is 21.6 Å². The number of anilines is 2. The van der Waals surface area contributed by atoms with Gasteiger partial charge in [0.2, 0.25) is 0 Å². The normalized spacial score (nSPS) is 19.0. The molecule has 2 atom stereocenters. The number of nitrogens with one attached hydrogen (secondary N) is 1. The average molecular weight is 515 g/mol. The molecule has 0 saturated carbocycles. The van der Waals surface area contributed by atoms with Crippen LogP contribution in [0.5, 0.6) is 0 Å². The first-order chi connectivity index (χ1) is 15.7. The van der Waals surface area contributed by atoms with Gasteiger partial charge in [-0.15, -0.1) is 11.3 Å². The van der Waals surface area contributed by atoms with Gasteiger partial charge in [-0.05, 0) is 20.8 Å². The predicted octanol–water partition coefficient (Wildman–Crippen LogP) is -1.21. The highest BCUT2D eigenvalue weighted by molar-refractivity contribution is 7.84. The standard InChI is InChI=1S/C17H22N8O7S2/c1-8(26)17(2,3)32-23-12(10-7-33-16(19)21-10)14(27)22-13-11(6-24-5-9(18)4-20-24)25(15(13)28)34(29,30)31/h4-5,7,11,13H,6,18H2,1-3H3,(H2,19,21)(H,22,27)(H,29,30,31). The minimum atomic E-state index is -4.91. The van der Waals surface area contributed by atoms with E-state index in [9.17, 15) is 27.4 Å². The van der Waals surface area contributed by atoms with Gasteiger partial charge in [0.15, 0.2) is 22.2 Å². The number of carbonyl (C=O) groups is 3. The van der Waals surface area contributed by atoms with Gasteiger partial charge in [-0.25, -0.2) is 9.29 Å². The number of ketones is 1. The van der Waals surface area contributed by atoms with Crippen LogP contribution in [0.1, 0.15) is 26.5 Å². The zero-order valence-corrected chi connectivity index (χ0v) is 19.8. The summed E-state index contributed by atoms with van der Waals surface area (Å²) in [5.74, 6) is -2.41. The molecule has 1 aliphatic rings. The molecular weight excluding hydrogens is 492 g/mol. The molecule has 17 heteroatoms. The molecule has 184 valence electrons. The highest BCUT2D eigenvalue weighted by Gasteiger charge is 2.54. The number of Topliss-reactive ketones (excluding diaryl/α,β-unsaturated/α-hetero) is 1. The van der Waals surface area contributed by atoms with Crippen molar-refractivity contribution in [2.75, 3.05) is 11.5 Å². The Morgan fingerprint density at radius 3 is 2.56 bits per heavy atom. The number of aromatic nitrogens is 3. The molecule has 0 spiro atoms. The third-order valence-electron chi connectivity index (χ3n) is 4.92. The van der Waals surface area contributed by atoms with E-state index in [0.717, 1.165) is 11.3 Å². The topological polar surface area (TPSA) is 225 Å². The summed E-state index contributed by atoms with van der Waals surface area (Å²) in [5, 5.41) is 11.6. The Morgan fingerprint density at radius 2 is 2.06 bits per heavy atom. The summed E-state index contributed by atoms with van der Waals surface area (Å²) in [5.41, 5.74) is 9.76. The molecule has 3 heterocycles. The van der Waals surface area contributed by atoms with Crippen molar-refractivity contribution in [2.45, 2.75) is 45.0 Å². The molecule has 0 radical (unpaired) electrons. The largest absolute Gasteiger partial charge is 0.396 e. The summed E-state index contributed by atoms with van der Waals surface area (Å²) in [6.45, 7) is 3.95. The maximum Gasteiger partial charge on any atom is 0.362 e. The summed E-state index contributed by atoms with van der Waals surface area (Å²) in [6, 6.07) is -2.59. The van der Waals surface area contributed by atoms with E-state index in [1.807, 2.05) is 0 Å². The minimum absolute atomic E-state index is 0.00848. The second-order valence-electron chi connectivity index (χ2n) is 7.79. The van der Waals surface area contributed by atoms with Gasteiger partial charge in [0.25, 0.3) is 11.8 Å². The lowest BCUT2D eigenvalue weighted by Gasteiger charge is -2.44. The van der Waals surface area contributed by atoms with Gasteiger partial charge in [0.05, 0.1) is 24.5 Å². The number of nitrogen functional groups attached to an aromatic ring is 2. The molecule has 15 nitrogen and oxygen atoms in total. The van der Waals surface area contributed by atoms with E-state index in [4.69, 9.17) is 16.3 Å². The minimum Gasteiger partial charge on any atom is -0.396 e. The number of nitrogens with zero attached hydrogens (tertiary/aromatic N) is 5. The van der Waals surface area contributed by atoms with Crippen LogP contribution in [-0.2, 0) is 36.1 Å². The van der Waals surface area contributed by atoms with Crippen molar-refractivity contribution in [3.8, 4) is 0 Å². The molecule has 1 saturated heterocycles. The van der Waals surface area contributed by atoms with Gasteiger partial charge >= 0.3 is 10.3 Å². The maximum absolute atomic E-state index is 13.0. The SMILES string of the molecule is CC(=O)C(C)(C)ON=C(C(=O)NC1C(=O)N(S(=O)(=O)O)C1Cn1cc(N)cn1)c1csc(N)n1. The lowest BCUT2D eigenvalue weighted by Crippen LogP contribution is -2.73. The van der Waals surface area contributed by atoms with E-state index < -0.39 is 45.5 Å². The van der Waals surface area contributed by atoms with Crippen molar-refractivity contribution in [1.29, 1.82) is 0 Å². The van der Waals surface area contributed by atoms with Crippen LogP contribution in [0.25, 0.3) is 0 Å². The van der Waals surface area contributed by atoms with Crippen LogP contribution in [0.2, 0.25) is 0 Å². The van der Waals surface area contributed by atoms with Crippen LogP contribution in [0.4, 0.5) is 10.8 Å². The fourth-order valence-corrected chi connectivity index (χ4v) is 4.27. The van der Waals surface area contributed by atoms with Crippen LogP contribution in [-0.4, -0.2) is 73.0 Å². The second kappa shape index (κ2) is 8.99. The summed E-state index contributed by atoms with van der Waals surface area (Å²) in [6.07, 6.45) is 2.68. The van der Waals surface area contributed by atoms with Gasteiger partial charge in [-0.2, -0.15) is 13.5 Å². The number of amides is 2. The number of β-lactam (4-membered cyclic amide) rings is 1. The molecule has 2 amide bonds. The zero-order chi connectivity index (χ0) is 25.4. The Labute approximate surface area is 197 Å². The van der Waals surface area contributed by atoms with E-state index >= 15 is 0 Å². The Kier molecular flexibility index (Phi) is 6.63. The Bertz CT molecular complexity index is 1270. The summed E-state index contributed by atoms with van der Waals surface area (Å²) in [4.78, 5) is 46.5. The zero-order valence-electron chi connectivity index (χ0n) is 18.2. The Morgan fingerprint density at radius 1 is 1.38 bits per heavy atom. The van der Waals surface area contributed by atoms with E-state index in [1.165, 1.54) is 43.2 Å². The first-order valence-corrected chi connectivity index (χ1v) is 11.9. The number of nitrogens with two attached hydrogens (primary N) is 2. The molecule has 2 aromatic rings. The number of oxime groups is 1. The van der Waals surface area contributed by atoms with Crippen molar-refractivity contribution in [3.63, 3.8) is 0 Å². The fourth-order valence-electron chi connectivity index (χ4n) is 2.85. The van der Waals surface area contributed by atoms with E-state index in [1.54, 1.807) is 0 Å². The maximum atomic E-state index is 13.0. The van der Waals surface area contributed by atoms with Crippen molar-refractivity contribution < 1.29 is 32.2 Å². The average Bonchev–Trinajstić information content (AvgIpc) is 3.32. The van der Waals surface area contributed by atoms with Crippen LogP contribution < -0.4 is 16.8 Å². The van der Waals surface area contributed by atoms with Gasteiger partial charge in [-0.3, -0.25) is 23.6 Å². The number of rotatable bonds is 9. The molecule has 1 fully saturated rings. The highest BCUT2D eigenvalue weighted by Crippen LogP contribution is 2.26. The Balaban J connectivity index is 1.89. The quantitative estimate of drug-likeness (QED) is 0.134. The van der Waals surface area contributed by atoms with Crippen molar-refractivity contribution in [2.24, 2.45) is 5.16 Å². The summed E-state index contributed by atoms with van der Waals surface area (Å²) < 4.78 is 34.3. The molecule has 34 heavy (non-hydrogen) atoms. The van der Waals surface area contributed by atoms with Crippen LogP contribution in [0, 0.1) is 0 Å². The van der Waals surface area contributed by atoms with Gasteiger partial charge in [0, 0.05) is 11.6 Å². The van der Waals surface area contributed by atoms with Crippen LogP contribution >= 0.6 is 11.3 Å². The second-order valence-corrected chi connectivity index (χ2v) is 9.97. The molecule has 2 aromatic heterocycles. The molecule has 0 bridgehead atoms. The molecule has 6 N–H and O–H groups in total. The third-order valence-corrected chi connectivity index (χ3v) is 6.55. The van der Waals surface area contributed by atoms with E-state index in [2.05, 4.69) is 20.6 Å². The van der Waals surface area contributed by atoms with Crippen molar-refractivity contribution in [1.82, 2.24) is 24.4 Å². The number of hydrogen-bond acceptors (Lipinski definition) is 12. The summed E-state index contributed by atoms with van der Waals surface area (Å²) in [7, 11) is -4.91. The molecular formula is C17H22N8O7S2. The highest BCUT2D eigenvalue weighted by atomic mass is 32.2.